The molecule has 4 heteroatoms. The van der Waals surface area contributed by atoms with Crippen molar-refractivity contribution >= 4 is 5.78 Å². The van der Waals surface area contributed by atoms with Crippen LogP contribution in [-0.2, 0) is 4.74 Å². The van der Waals surface area contributed by atoms with E-state index in [2.05, 4.69) is 0 Å². The number of carbonyl (C=O) groups is 1. The molecule has 0 unspecified atom stereocenters. The van der Waals surface area contributed by atoms with Crippen LogP contribution < -0.4 is 9.47 Å². The zero-order chi connectivity index (χ0) is 16.2. The topological polar surface area (TPSA) is 44.8 Å². The summed E-state index contributed by atoms with van der Waals surface area (Å²) in [6.45, 7) is 8.02. The number of carbonyl (C=O) groups excluding carboxylic acids is 1. The van der Waals surface area contributed by atoms with E-state index in [1.54, 1.807) is 13.2 Å². The minimum atomic E-state index is -0.407. The molecule has 1 aliphatic heterocycles. The van der Waals surface area contributed by atoms with Crippen molar-refractivity contribution < 1.29 is 19.0 Å². The van der Waals surface area contributed by atoms with Gasteiger partial charge in [0.05, 0.1) is 13.7 Å². The van der Waals surface area contributed by atoms with Gasteiger partial charge in [-0.2, -0.15) is 0 Å². The summed E-state index contributed by atoms with van der Waals surface area (Å²) in [5, 5.41) is 0. The Bertz CT molecular complexity index is 510. The van der Waals surface area contributed by atoms with Gasteiger partial charge in [0.15, 0.2) is 17.3 Å². The Labute approximate surface area is 132 Å². The van der Waals surface area contributed by atoms with Crippen LogP contribution in [0.3, 0.4) is 0 Å². The van der Waals surface area contributed by atoms with Gasteiger partial charge < -0.3 is 14.2 Å². The number of Topliss-reactive ketones (excluding diaryl/α,β-unsaturated/α-hetero) is 1. The lowest BCUT2D eigenvalue weighted by Crippen LogP contribution is -2.22. The van der Waals surface area contributed by atoms with Crippen LogP contribution >= 0.6 is 0 Å². The molecule has 0 aromatic heterocycles. The van der Waals surface area contributed by atoms with E-state index in [9.17, 15) is 4.79 Å². The predicted octanol–water partition coefficient (Wildman–Crippen LogP) is 3.73. The van der Waals surface area contributed by atoms with Gasteiger partial charge in [-0.15, -0.1) is 0 Å². The zero-order valence-corrected chi connectivity index (χ0v) is 14.0. The van der Waals surface area contributed by atoms with Crippen molar-refractivity contribution in [1.82, 2.24) is 0 Å². The minimum absolute atomic E-state index is 0.0989. The maximum Gasteiger partial charge on any atom is 0.168 e. The highest BCUT2D eigenvalue weighted by molar-refractivity contribution is 6.00. The van der Waals surface area contributed by atoms with Crippen molar-refractivity contribution in [3.63, 3.8) is 0 Å². The van der Waals surface area contributed by atoms with Crippen LogP contribution in [-0.4, -0.2) is 32.7 Å². The Hall–Kier alpha value is -1.55. The Kier molecular flexibility index (Phi) is 5.46. The van der Waals surface area contributed by atoms with E-state index < -0.39 is 5.41 Å². The summed E-state index contributed by atoms with van der Waals surface area (Å²) >= 11 is 0. The second-order valence-corrected chi connectivity index (χ2v) is 6.81. The molecule has 1 fully saturated rings. The lowest BCUT2D eigenvalue weighted by Gasteiger charge is -2.23. The SMILES string of the molecule is COc1cc(C(=O)C(C)(C)C)ccc1OCC1CCOCC1. The maximum atomic E-state index is 12.3. The van der Waals surface area contributed by atoms with Crippen molar-refractivity contribution in [3.8, 4) is 11.5 Å². The van der Waals surface area contributed by atoms with Gasteiger partial charge >= 0.3 is 0 Å². The molecule has 122 valence electrons. The first-order valence-corrected chi connectivity index (χ1v) is 7.85. The summed E-state index contributed by atoms with van der Waals surface area (Å²) in [6.07, 6.45) is 2.06. The molecule has 0 aliphatic carbocycles. The summed E-state index contributed by atoms with van der Waals surface area (Å²) in [5.41, 5.74) is 0.248. The molecular weight excluding hydrogens is 280 g/mol. The lowest BCUT2D eigenvalue weighted by atomic mass is 9.86. The third-order valence-electron chi connectivity index (χ3n) is 3.92. The van der Waals surface area contributed by atoms with Crippen LogP contribution in [0.1, 0.15) is 44.0 Å². The third-order valence-corrected chi connectivity index (χ3v) is 3.92. The number of hydrogen-bond acceptors (Lipinski definition) is 4. The fourth-order valence-electron chi connectivity index (χ4n) is 2.48. The van der Waals surface area contributed by atoms with E-state index in [4.69, 9.17) is 14.2 Å². The van der Waals surface area contributed by atoms with Gasteiger partial charge in [-0.3, -0.25) is 4.79 Å². The fraction of sp³-hybridized carbons (Fsp3) is 0.611. The van der Waals surface area contributed by atoms with Gasteiger partial charge in [-0.1, -0.05) is 20.8 Å². The molecule has 1 aromatic rings. The highest BCUT2D eigenvalue weighted by atomic mass is 16.5. The normalized spacial score (nSPS) is 16.4. The Morgan fingerprint density at radius 2 is 1.91 bits per heavy atom. The molecule has 0 N–H and O–H groups in total. The number of methoxy groups -OCH3 is 1. The van der Waals surface area contributed by atoms with Crippen LogP contribution in [0.4, 0.5) is 0 Å². The minimum Gasteiger partial charge on any atom is -0.493 e. The number of rotatable bonds is 5. The molecule has 0 spiro atoms. The molecule has 0 radical (unpaired) electrons. The van der Waals surface area contributed by atoms with Crippen LogP contribution in [0.2, 0.25) is 0 Å². The lowest BCUT2D eigenvalue weighted by molar-refractivity contribution is 0.0493. The van der Waals surface area contributed by atoms with Gasteiger partial charge in [-0.05, 0) is 37.0 Å². The first-order valence-electron chi connectivity index (χ1n) is 7.85. The van der Waals surface area contributed by atoms with E-state index in [0.29, 0.717) is 29.6 Å². The highest BCUT2D eigenvalue weighted by Crippen LogP contribution is 2.31. The van der Waals surface area contributed by atoms with Crippen LogP contribution in [0, 0.1) is 11.3 Å². The number of benzene rings is 1. The molecule has 1 aliphatic rings. The molecule has 0 amide bonds. The predicted molar refractivity (Wildman–Crippen MR) is 85.8 cm³/mol. The van der Waals surface area contributed by atoms with Crippen molar-refractivity contribution in [2.24, 2.45) is 11.3 Å². The molecule has 1 aromatic carbocycles. The van der Waals surface area contributed by atoms with Crippen LogP contribution in [0.5, 0.6) is 11.5 Å². The molecule has 1 heterocycles. The summed E-state index contributed by atoms with van der Waals surface area (Å²) in [4.78, 5) is 12.3. The Morgan fingerprint density at radius 3 is 2.50 bits per heavy atom. The molecule has 22 heavy (non-hydrogen) atoms. The standard InChI is InChI=1S/C18H26O4/c1-18(2,3)17(19)14-5-6-15(16(11-14)20-4)22-12-13-7-9-21-10-8-13/h5-6,11,13H,7-10,12H2,1-4H3. The smallest absolute Gasteiger partial charge is 0.168 e. The van der Waals surface area contributed by atoms with E-state index >= 15 is 0 Å². The van der Waals surface area contributed by atoms with Gasteiger partial charge in [0.2, 0.25) is 0 Å². The van der Waals surface area contributed by atoms with E-state index in [0.717, 1.165) is 26.1 Å². The molecule has 0 saturated carbocycles. The van der Waals surface area contributed by atoms with Gasteiger partial charge in [0, 0.05) is 24.2 Å². The first-order chi connectivity index (χ1) is 10.4. The summed E-state index contributed by atoms with van der Waals surface area (Å²) in [6, 6.07) is 5.42. The van der Waals surface area contributed by atoms with Gasteiger partial charge in [0.1, 0.15) is 0 Å². The average Bonchev–Trinajstić information content (AvgIpc) is 2.52. The van der Waals surface area contributed by atoms with Crippen LogP contribution in [0.15, 0.2) is 18.2 Å². The Balaban J connectivity index is 2.07. The third kappa shape index (κ3) is 4.23. The number of hydrogen-bond donors (Lipinski definition) is 0. The van der Waals surface area contributed by atoms with Gasteiger partial charge in [0.25, 0.3) is 0 Å². The first kappa shape index (κ1) is 16.8. The number of ether oxygens (including phenoxy) is 3. The second kappa shape index (κ2) is 7.14. The summed E-state index contributed by atoms with van der Waals surface area (Å²) in [7, 11) is 1.60. The zero-order valence-electron chi connectivity index (χ0n) is 14.0. The fourth-order valence-corrected chi connectivity index (χ4v) is 2.48. The monoisotopic (exact) mass is 306 g/mol. The van der Waals surface area contributed by atoms with Gasteiger partial charge in [-0.25, -0.2) is 0 Å². The van der Waals surface area contributed by atoms with Crippen molar-refractivity contribution in [2.45, 2.75) is 33.6 Å². The maximum absolute atomic E-state index is 12.3. The largest absolute Gasteiger partial charge is 0.493 e. The van der Waals surface area contributed by atoms with Crippen LogP contribution in [0.25, 0.3) is 0 Å². The molecule has 2 rings (SSSR count). The van der Waals surface area contributed by atoms with Crippen molar-refractivity contribution in [3.05, 3.63) is 23.8 Å². The molecule has 0 bridgehead atoms. The number of ketones is 1. The van der Waals surface area contributed by atoms with E-state index in [1.165, 1.54) is 0 Å². The second-order valence-electron chi connectivity index (χ2n) is 6.81. The van der Waals surface area contributed by atoms with E-state index in [1.807, 2.05) is 32.9 Å². The molecule has 4 nitrogen and oxygen atoms in total. The van der Waals surface area contributed by atoms with Crippen molar-refractivity contribution in [2.75, 3.05) is 26.9 Å². The summed E-state index contributed by atoms with van der Waals surface area (Å²) < 4.78 is 16.6. The molecule has 1 saturated heterocycles. The average molecular weight is 306 g/mol. The Morgan fingerprint density at radius 1 is 1.23 bits per heavy atom. The molecular formula is C18H26O4. The summed E-state index contributed by atoms with van der Waals surface area (Å²) in [5.74, 6) is 1.93. The van der Waals surface area contributed by atoms with E-state index in [-0.39, 0.29) is 5.78 Å². The highest BCUT2D eigenvalue weighted by Gasteiger charge is 2.24. The molecule has 0 atom stereocenters. The van der Waals surface area contributed by atoms with Crippen molar-refractivity contribution in [1.29, 1.82) is 0 Å². The quantitative estimate of drug-likeness (QED) is 0.778.